The first-order valence-electron chi connectivity index (χ1n) is 9.52. The van der Waals surface area contributed by atoms with Crippen LogP contribution in [0.5, 0.6) is 0 Å². The second-order valence-corrected chi connectivity index (χ2v) is 8.82. The van der Waals surface area contributed by atoms with Crippen molar-refractivity contribution in [2.24, 2.45) is 0 Å². The maximum Gasteiger partial charge on any atom is 0.224 e. The van der Waals surface area contributed by atoms with Crippen molar-refractivity contribution in [3.8, 4) is 0 Å². The predicted octanol–water partition coefficient (Wildman–Crippen LogP) is 1.25. The molecule has 1 aromatic rings. The SMILES string of the molecule is Cc1ccc(C(NC2C(=O)C(=O)C2NC2=CC=CN(C)C2O)C2CCCS2)o1. The number of nitrogens with zero attached hydrogens (tertiary/aromatic N) is 1. The average Bonchev–Trinajstić information content (AvgIpc) is 3.36. The molecule has 0 radical (unpaired) electrons. The molecule has 4 rings (SSSR count). The van der Waals surface area contributed by atoms with E-state index in [-0.39, 0.29) is 6.04 Å². The molecule has 2 aliphatic heterocycles. The molecule has 1 saturated heterocycles. The molecule has 0 aromatic carbocycles. The molecule has 2 fully saturated rings. The number of thioether (sulfide) groups is 1. The number of Topliss-reactive ketones (excluding diaryl/α,β-unsaturated/α-hetero) is 2. The Kier molecular flexibility index (Phi) is 5.35. The molecule has 3 N–H and O–H groups in total. The zero-order valence-electron chi connectivity index (χ0n) is 15.9. The zero-order chi connectivity index (χ0) is 19.8. The van der Waals surface area contributed by atoms with Crippen molar-refractivity contribution in [3.63, 3.8) is 0 Å². The fraction of sp³-hybridized carbons (Fsp3) is 0.500. The topological polar surface area (TPSA) is 94.8 Å². The third-order valence-corrected chi connectivity index (χ3v) is 6.95. The number of hydrogen-bond donors (Lipinski definition) is 3. The third-order valence-electron chi connectivity index (χ3n) is 5.49. The number of aryl methyl sites for hydroxylation is 1. The highest BCUT2D eigenvalue weighted by Gasteiger charge is 2.51. The first-order chi connectivity index (χ1) is 13.5. The van der Waals surface area contributed by atoms with E-state index in [9.17, 15) is 14.7 Å². The van der Waals surface area contributed by atoms with Gasteiger partial charge in [0.1, 0.15) is 23.6 Å². The Balaban J connectivity index is 1.52. The van der Waals surface area contributed by atoms with E-state index in [0.717, 1.165) is 30.1 Å². The number of nitrogens with one attached hydrogen (secondary N) is 2. The van der Waals surface area contributed by atoms with Gasteiger partial charge in [0.05, 0.1) is 11.7 Å². The molecule has 1 aromatic heterocycles. The van der Waals surface area contributed by atoms with Crippen LogP contribution in [0.2, 0.25) is 0 Å². The lowest BCUT2D eigenvalue weighted by Gasteiger charge is -2.40. The Hall–Kier alpha value is -2.03. The van der Waals surface area contributed by atoms with Gasteiger partial charge in [-0.25, -0.2) is 0 Å². The second-order valence-electron chi connectivity index (χ2n) is 7.48. The molecule has 0 amide bonds. The van der Waals surface area contributed by atoms with Gasteiger partial charge in [-0.05, 0) is 49.8 Å². The number of rotatable bonds is 6. The van der Waals surface area contributed by atoms with E-state index in [2.05, 4.69) is 10.6 Å². The Morgan fingerprint density at radius 3 is 2.75 bits per heavy atom. The van der Waals surface area contributed by atoms with Crippen molar-refractivity contribution in [2.75, 3.05) is 12.8 Å². The predicted molar refractivity (Wildman–Crippen MR) is 107 cm³/mol. The highest BCUT2D eigenvalue weighted by Crippen LogP contribution is 2.37. The number of ketones is 2. The van der Waals surface area contributed by atoms with Crippen LogP contribution in [0.25, 0.3) is 0 Å². The molecular weight excluding hydrogens is 378 g/mol. The molecule has 3 heterocycles. The zero-order valence-corrected chi connectivity index (χ0v) is 16.7. The number of carbonyl (C=O) groups is 2. The lowest BCUT2D eigenvalue weighted by Crippen LogP contribution is -2.70. The smallest absolute Gasteiger partial charge is 0.224 e. The summed E-state index contributed by atoms with van der Waals surface area (Å²) in [7, 11) is 1.74. The van der Waals surface area contributed by atoms with E-state index < -0.39 is 29.9 Å². The number of aliphatic hydroxyl groups is 1. The van der Waals surface area contributed by atoms with Crippen LogP contribution < -0.4 is 10.6 Å². The van der Waals surface area contributed by atoms with Crippen molar-refractivity contribution in [2.45, 2.75) is 49.4 Å². The normalized spacial score (nSPS) is 31.0. The van der Waals surface area contributed by atoms with Gasteiger partial charge in [-0.3, -0.25) is 14.9 Å². The third kappa shape index (κ3) is 3.52. The van der Waals surface area contributed by atoms with Gasteiger partial charge in [0.25, 0.3) is 0 Å². The molecule has 0 bridgehead atoms. The van der Waals surface area contributed by atoms with Gasteiger partial charge >= 0.3 is 0 Å². The molecular formula is C20H25N3O4S. The summed E-state index contributed by atoms with van der Waals surface area (Å²) in [6, 6.07) is 2.37. The highest BCUT2D eigenvalue weighted by molar-refractivity contribution is 8.00. The minimum absolute atomic E-state index is 0.139. The molecule has 7 nitrogen and oxygen atoms in total. The number of hydrogen-bond acceptors (Lipinski definition) is 8. The van der Waals surface area contributed by atoms with E-state index in [1.807, 2.05) is 30.8 Å². The Bertz CT molecular complexity index is 827. The molecule has 28 heavy (non-hydrogen) atoms. The van der Waals surface area contributed by atoms with Gasteiger partial charge in [-0.15, -0.1) is 0 Å². The lowest BCUT2D eigenvalue weighted by molar-refractivity contribution is -0.147. The van der Waals surface area contributed by atoms with E-state index >= 15 is 0 Å². The van der Waals surface area contributed by atoms with E-state index in [0.29, 0.717) is 10.9 Å². The molecule has 1 aliphatic carbocycles. The molecule has 3 aliphatic rings. The van der Waals surface area contributed by atoms with Crippen LogP contribution in [0.15, 0.2) is 40.6 Å². The lowest BCUT2D eigenvalue weighted by atomic mass is 9.81. The summed E-state index contributed by atoms with van der Waals surface area (Å²) in [5, 5.41) is 17.0. The first-order valence-corrected chi connectivity index (χ1v) is 10.6. The summed E-state index contributed by atoms with van der Waals surface area (Å²) < 4.78 is 5.85. The van der Waals surface area contributed by atoms with Gasteiger partial charge < -0.3 is 19.7 Å². The largest absolute Gasteiger partial charge is 0.465 e. The van der Waals surface area contributed by atoms with Crippen LogP contribution in [0.4, 0.5) is 0 Å². The summed E-state index contributed by atoms with van der Waals surface area (Å²) in [5.41, 5.74) is 0.503. The van der Waals surface area contributed by atoms with Crippen molar-refractivity contribution in [1.82, 2.24) is 15.5 Å². The van der Waals surface area contributed by atoms with Gasteiger partial charge in [-0.2, -0.15) is 11.8 Å². The maximum atomic E-state index is 12.4. The molecule has 5 atom stereocenters. The molecule has 5 unspecified atom stereocenters. The van der Waals surface area contributed by atoms with Crippen LogP contribution in [0, 0.1) is 6.92 Å². The summed E-state index contributed by atoms with van der Waals surface area (Å²) in [6.45, 7) is 1.89. The Morgan fingerprint density at radius 2 is 2.07 bits per heavy atom. The van der Waals surface area contributed by atoms with Crippen LogP contribution in [0.1, 0.15) is 30.4 Å². The van der Waals surface area contributed by atoms with Crippen molar-refractivity contribution in [3.05, 3.63) is 47.7 Å². The van der Waals surface area contributed by atoms with Crippen molar-refractivity contribution in [1.29, 1.82) is 0 Å². The maximum absolute atomic E-state index is 12.4. The molecule has 1 saturated carbocycles. The quantitative estimate of drug-likeness (QED) is 0.611. The monoisotopic (exact) mass is 403 g/mol. The Morgan fingerprint density at radius 1 is 1.29 bits per heavy atom. The van der Waals surface area contributed by atoms with E-state index in [4.69, 9.17) is 4.42 Å². The number of carbonyl (C=O) groups excluding carboxylic acids is 2. The summed E-state index contributed by atoms with van der Waals surface area (Å²) in [6.07, 6.45) is 6.54. The number of furan rings is 1. The van der Waals surface area contributed by atoms with Gasteiger partial charge in [0, 0.05) is 18.5 Å². The van der Waals surface area contributed by atoms with E-state index in [1.54, 1.807) is 30.3 Å². The second kappa shape index (κ2) is 7.77. The highest BCUT2D eigenvalue weighted by atomic mass is 32.2. The summed E-state index contributed by atoms with van der Waals surface area (Å²) in [5.74, 6) is 1.81. The minimum atomic E-state index is -0.872. The van der Waals surface area contributed by atoms with Gasteiger partial charge in [0.2, 0.25) is 11.6 Å². The van der Waals surface area contributed by atoms with Crippen LogP contribution in [0.3, 0.4) is 0 Å². The fourth-order valence-corrected chi connectivity index (χ4v) is 5.23. The minimum Gasteiger partial charge on any atom is -0.465 e. The number of likely N-dealkylation sites (N-methyl/N-ethyl adjacent to an activating group) is 1. The molecule has 0 spiro atoms. The van der Waals surface area contributed by atoms with Crippen LogP contribution in [-0.4, -0.2) is 57.9 Å². The average molecular weight is 404 g/mol. The fourth-order valence-electron chi connectivity index (χ4n) is 3.86. The summed E-state index contributed by atoms with van der Waals surface area (Å²) >= 11 is 1.86. The standard InChI is InChI=1S/C20H25N3O4S/c1-11-7-8-13(27-11)15(14-6-4-10-28-14)22-17-16(18(24)19(17)25)21-12-5-3-9-23(2)20(12)26/h3,5,7-9,14-17,20-22,26H,4,6,10H2,1-2H3. The number of allylic oxidation sites excluding steroid dienone is 2. The van der Waals surface area contributed by atoms with Crippen molar-refractivity contribution >= 4 is 23.3 Å². The van der Waals surface area contributed by atoms with Gasteiger partial charge in [-0.1, -0.05) is 0 Å². The number of aliphatic hydroxyl groups excluding tert-OH is 1. The molecule has 150 valence electrons. The first kappa shape index (κ1) is 19.3. The van der Waals surface area contributed by atoms with E-state index in [1.165, 1.54) is 0 Å². The van der Waals surface area contributed by atoms with Crippen molar-refractivity contribution < 1.29 is 19.1 Å². The Labute approximate surface area is 168 Å². The van der Waals surface area contributed by atoms with Gasteiger partial charge in [0.15, 0.2) is 6.23 Å². The summed E-state index contributed by atoms with van der Waals surface area (Å²) in [4.78, 5) is 26.2. The molecule has 8 heteroatoms. The van der Waals surface area contributed by atoms with Crippen LogP contribution in [-0.2, 0) is 9.59 Å². The van der Waals surface area contributed by atoms with Crippen LogP contribution >= 0.6 is 11.8 Å².